The van der Waals surface area contributed by atoms with Crippen molar-refractivity contribution < 1.29 is 9.59 Å². The lowest BCUT2D eigenvalue weighted by atomic mass is 9.93. The third-order valence-electron chi connectivity index (χ3n) is 7.40. The molecular formula is C30H25N3O2. The molecule has 2 aromatic heterocycles. The number of hydrogen-bond donors (Lipinski definition) is 0. The number of rotatable bonds is 3. The van der Waals surface area contributed by atoms with Gasteiger partial charge in [-0.15, -0.1) is 0 Å². The van der Waals surface area contributed by atoms with Crippen molar-refractivity contribution in [2.24, 2.45) is 14.1 Å². The molecule has 5 heteroatoms. The molecule has 172 valence electrons. The molecule has 0 aliphatic carbocycles. The molecule has 5 aromatic rings. The molecule has 0 fully saturated rings. The molecule has 3 heterocycles. The standard InChI is InChI=1S/C30H25N3O2/c1-18-25(21-14-8-10-16-23(21)31(18)3)27-28(26-19(2)32(4)24-17-11-9-15-22(24)26)30(35)33(29(27)34)20-12-6-5-7-13-20/h5-17H,1-4H3. The molecule has 3 aromatic carbocycles. The fourth-order valence-electron chi connectivity index (χ4n) is 5.48. The first kappa shape index (κ1) is 21.2. The highest BCUT2D eigenvalue weighted by atomic mass is 16.2. The molecule has 0 spiro atoms. The number of amides is 2. The summed E-state index contributed by atoms with van der Waals surface area (Å²) in [6, 6.07) is 25.3. The maximum Gasteiger partial charge on any atom is 0.266 e. The van der Waals surface area contributed by atoms with Crippen LogP contribution in [0.1, 0.15) is 22.5 Å². The first-order valence-electron chi connectivity index (χ1n) is 11.7. The van der Waals surface area contributed by atoms with Gasteiger partial charge in [-0.1, -0.05) is 54.6 Å². The summed E-state index contributed by atoms with van der Waals surface area (Å²) in [5.41, 5.74) is 7.11. The summed E-state index contributed by atoms with van der Waals surface area (Å²) in [5, 5.41) is 1.93. The zero-order valence-electron chi connectivity index (χ0n) is 20.2. The Balaban J connectivity index is 1.75. The average Bonchev–Trinajstić information content (AvgIpc) is 3.39. The second-order valence-electron chi connectivity index (χ2n) is 9.10. The molecule has 0 atom stereocenters. The van der Waals surface area contributed by atoms with Crippen LogP contribution in [0.3, 0.4) is 0 Å². The Hall–Kier alpha value is -4.38. The first-order chi connectivity index (χ1) is 16.9. The van der Waals surface area contributed by atoms with Crippen molar-refractivity contribution in [1.29, 1.82) is 0 Å². The van der Waals surface area contributed by atoms with Gasteiger partial charge in [0.1, 0.15) is 0 Å². The van der Waals surface area contributed by atoms with E-state index in [2.05, 4.69) is 9.13 Å². The SMILES string of the molecule is Cc1c(C2=C(c3c(C)n(C)c4ccccc34)C(=O)N(c3ccccc3)C2=O)c2ccccc2n1C. The van der Waals surface area contributed by atoms with Gasteiger partial charge >= 0.3 is 0 Å². The maximum atomic E-state index is 14.2. The van der Waals surface area contributed by atoms with Crippen LogP contribution in [0, 0.1) is 13.8 Å². The smallest absolute Gasteiger partial charge is 0.266 e. The van der Waals surface area contributed by atoms with E-state index >= 15 is 0 Å². The number of aryl methyl sites for hydroxylation is 2. The number of carbonyl (C=O) groups excluding carboxylic acids is 2. The highest BCUT2D eigenvalue weighted by molar-refractivity contribution is 6.58. The lowest BCUT2D eigenvalue weighted by molar-refractivity contribution is -0.119. The van der Waals surface area contributed by atoms with Crippen LogP contribution in [0.5, 0.6) is 0 Å². The van der Waals surface area contributed by atoms with Crippen molar-refractivity contribution in [3.63, 3.8) is 0 Å². The Bertz CT molecular complexity index is 1610. The molecule has 0 N–H and O–H groups in total. The molecule has 0 radical (unpaired) electrons. The van der Waals surface area contributed by atoms with Gasteiger partial charge in [-0.05, 0) is 38.1 Å². The van der Waals surface area contributed by atoms with E-state index in [1.165, 1.54) is 4.90 Å². The average molecular weight is 460 g/mol. The van der Waals surface area contributed by atoms with E-state index in [9.17, 15) is 9.59 Å². The van der Waals surface area contributed by atoms with Gasteiger partial charge in [0.15, 0.2) is 0 Å². The number of anilines is 1. The highest BCUT2D eigenvalue weighted by Gasteiger charge is 2.43. The predicted octanol–water partition coefficient (Wildman–Crippen LogP) is 5.77. The van der Waals surface area contributed by atoms with Crippen molar-refractivity contribution >= 4 is 50.5 Å². The third kappa shape index (κ3) is 2.81. The monoisotopic (exact) mass is 459 g/mol. The van der Waals surface area contributed by atoms with Crippen LogP contribution in [0.15, 0.2) is 78.9 Å². The van der Waals surface area contributed by atoms with E-state index in [0.29, 0.717) is 16.8 Å². The number of benzene rings is 3. The molecule has 0 saturated heterocycles. The number of hydrogen-bond acceptors (Lipinski definition) is 2. The number of imide groups is 1. The van der Waals surface area contributed by atoms with Gasteiger partial charge < -0.3 is 9.13 Å². The van der Waals surface area contributed by atoms with E-state index in [4.69, 9.17) is 0 Å². The quantitative estimate of drug-likeness (QED) is 0.322. The molecule has 6 rings (SSSR count). The van der Waals surface area contributed by atoms with E-state index in [-0.39, 0.29) is 11.8 Å². The lowest BCUT2D eigenvalue weighted by Crippen LogP contribution is -2.31. The molecule has 35 heavy (non-hydrogen) atoms. The number of carbonyl (C=O) groups is 2. The van der Waals surface area contributed by atoms with Crippen LogP contribution < -0.4 is 4.90 Å². The Morgan fingerprint density at radius 1 is 0.543 bits per heavy atom. The summed E-state index contributed by atoms with van der Waals surface area (Å²) >= 11 is 0. The summed E-state index contributed by atoms with van der Waals surface area (Å²) in [4.78, 5) is 29.7. The largest absolute Gasteiger partial charge is 0.347 e. The minimum absolute atomic E-state index is 0.289. The van der Waals surface area contributed by atoms with Crippen molar-refractivity contribution in [3.05, 3.63) is 101 Å². The zero-order valence-corrected chi connectivity index (χ0v) is 20.2. The van der Waals surface area contributed by atoms with Crippen LogP contribution >= 0.6 is 0 Å². The Morgan fingerprint density at radius 2 is 0.943 bits per heavy atom. The molecule has 0 bridgehead atoms. The van der Waals surface area contributed by atoms with Crippen molar-refractivity contribution in [2.75, 3.05) is 4.90 Å². The fraction of sp³-hybridized carbons (Fsp3) is 0.133. The van der Waals surface area contributed by atoms with Gasteiger partial charge in [0.05, 0.1) is 16.8 Å². The van der Waals surface area contributed by atoms with Crippen LogP contribution in [0.2, 0.25) is 0 Å². The molecule has 1 aliphatic heterocycles. The number of nitrogens with zero attached hydrogens (tertiary/aromatic N) is 3. The second-order valence-corrected chi connectivity index (χ2v) is 9.10. The van der Waals surface area contributed by atoms with E-state index in [1.54, 1.807) is 0 Å². The van der Waals surface area contributed by atoms with E-state index in [0.717, 1.165) is 44.3 Å². The normalized spacial score (nSPS) is 14.2. The van der Waals surface area contributed by atoms with Gasteiger partial charge in [0.2, 0.25) is 0 Å². The number of para-hydroxylation sites is 3. The third-order valence-corrected chi connectivity index (χ3v) is 7.40. The van der Waals surface area contributed by atoms with Crippen molar-refractivity contribution in [1.82, 2.24) is 9.13 Å². The summed E-state index contributed by atoms with van der Waals surface area (Å²) in [6.07, 6.45) is 0. The van der Waals surface area contributed by atoms with Crippen molar-refractivity contribution in [3.8, 4) is 0 Å². The lowest BCUT2D eigenvalue weighted by Gasteiger charge is -2.15. The highest BCUT2D eigenvalue weighted by Crippen LogP contribution is 2.45. The van der Waals surface area contributed by atoms with E-state index in [1.807, 2.05) is 107 Å². The van der Waals surface area contributed by atoms with Gasteiger partial charge in [0.25, 0.3) is 11.8 Å². The van der Waals surface area contributed by atoms with Crippen LogP contribution in [-0.4, -0.2) is 20.9 Å². The Kier molecular flexibility index (Phi) is 4.58. The molecule has 0 unspecified atom stereocenters. The molecule has 1 aliphatic rings. The first-order valence-corrected chi connectivity index (χ1v) is 11.7. The van der Waals surface area contributed by atoms with Gasteiger partial charge in [0, 0.05) is 58.4 Å². The van der Waals surface area contributed by atoms with Crippen LogP contribution in [-0.2, 0) is 23.7 Å². The van der Waals surface area contributed by atoms with Gasteiger partial charge in [-0.2, -0.15) is 0 Å². The van der Waals surface area contributed by atoms with Gasteiger partial charge in [-0.25, -0.2) is 4.90 Å². The van der Waals surface area contributed by atoms with E-state index < -0.39 is 0 Å². The summed E-state index contributed by atoms with van der Waals surface area (Å²) in [6.45, 7) is 4.03. The fourth-order valence-corrected chi connectivity index (χ4v) is 5.48. The topological polar surface area (TPSA) is 47.2 Å². The molecular weight excluding hydrogens is 434 g/mol. The summed E-state index contributed by atoms with van der Waals surface area (Å²) < 4.78 is 4.18. The summed E-state index contributed by atoms with van der Waals surface area (Å²) in [5.74, 6) is -0.578. The molecule has 2 amide bonds. The molecule has 5 nitrogen and oxygen atoms in total. The number of aromatic nitrogens is 2. The minimum Gasteiger partial charge on any atom is -0.347 e. The van der Waals surface area contributed by atoms with Crippen LogP contribution in [0.25, 0.3) is 33.0 Å². The molecule has 0 saturated carbocycles. The Morgan fingerprint density at radius 3 is 1.40 bits per heavy atom. The minimum atomic E-state index is -0.289. The van der Waals surface area contributed by atoms with Gasteiger partial charge in [-0.3, -0.25) is 9.59 Å². The second kappa shape index (κ2) is 7.57. The zero-order chi connectivity index (χ0) is 24.4. The number of fused-ring (bicyclic) bond motifs is 2. The summed E-state index contributed by atoms with van der Waals surface area (Å²) in [7, 11) is 4.00. The maximum absolute atomic E-state index is 14.2. The van der Waals surface area contributed by atoms with Crippen molar-refractivity contribution in [2.45, 2.75) is 13.8 Å². The predicted molar refractivity (Wildman–Crippen MR) is 141 cm³/mol. The van der Waals surface area contributed by atoms with Crippen LogP contribution in [0.4, 0.5) is 5.69 Å². The Labute approximate surface area is 203 Å².